The Morgan fingerprint density at radius 3 is 2.51 bits per heavy atom. The second-order valence-electron chi connectivity index (χ2n) is 10.4. The van der Waals surface area contributed by atoms with Crippen molar-refractivity contribution in [2.24, 2.45) is 12.8 Å². The number of aromatic nitrogens is 2. The summed E-state index contributed by atoms with van der Waals surface area (Å²) in [7, 11) is -1.63. The molecule has 0 radical (unpaired) electrons. The van der Waals surface area contributed by atoms with E-state index in [9.17, 15) is 23.3 Å². The van der Waals surface area contributed by atoms with Crippen LogP contribution in [0.4, 0.5) is 5.69 Å². The number of carbonyl (C=O) groups excluding carboxylic acids is 1. The molecule has 3 heterocycles. The Bertz CT molecular complexity index is 1630. The van der Waals surface area contributed by atoms with Gasteiger partial charge in [-0.05, 0) is 36.6 Å². The molecule has 0 unspecified atom stereocenters. The average Bonchev–Trinajstić information content (AvgIpc) is 3.16. The van der Waals surface area contributed by atoms with Gasteiger partial charge in [0.1, 0.15) is 0 Å². The summed E-state index contributed by atoms with van der Waals surface area (Å²) in [6.07, 6.45) is 2.97. The van der Waals surface area contributed by atoms with Crippen LogP contribution >= 0.6 is 0 Å². The van der Waals surface area contributed by atoms with Crippen LogP contribution in [0.5, 0.6) is 0 Å². The summed E-state index contributed by atoms with van der Waals surface area (Å²) in [6, 6.07) is 13.0. The van der Waals surface area contributed by atoms with Gasteiger partial charge in [-0.3, -0.25) is 13.9 Å². The maximum absolute atomic E-state index is 13.7. The van der Waals surface area contributed by atoms with Crippen LogP contribution in [0, 0.1) is 11.3 Å². The van der Waals surface area contributed by atoms with Crippen molar-refractivity contribution in [1.29, 1.82) is 5.26 Å². The van der Waals surface area contributed by atoms with Crippen molar-refractivity contribution in [2.75, 3.05) is 50.4 Å². The Morgan fingerprint density at radius 2 is 1.85 bits per heavy atom. The van der Waals surface area contributed by atoms with Crippen LogP contribution in [0.15, 0.2) is 41.2 Å². The second kappa shape index (κ2) is 10.5. The van der Waals surface area contributed by atoms with E-state index in [2.05, 4.69) is 11.0 Å². The standard InChI is InChI=1S/C27H33N7O4S/c1-30-23-14-21(26(35)31-10-12-33(13-11-31)39(2,37)38)15-24(32-9-5-8-22(29)18-32)25(23)34(27(30)36)17-20-7-4-3-6-19(20)16-28/h3-4,6-7,14-15,22H,5,8-13,17-18,29H2,1-2H3/t22-/m1/s1. The molecule has 0 bridgehead atoms. The number of nitrogens with two attached hydrogens (primary N) is 1. The highest BCUT2D eigenvalue weighted by Crippen LogP contribution is 2.32. The minimum absolute atomic E-state index is 0.0274. The molecule has 5 rings (SSSR count). The summed E-state index contributed by atoms with van der Waals surface area (Å²) < 4.78 is 28.4. The quantitative estimate of drug-likeness (QED) is 0.497. The third-order valence-corrected chi connectivity index (χ3v) is 9.03. The zero-order chi connectivity index (χ0) is 27.9. The zero-order valence-electron chi connectivity index (χ0n) is 22.2. The van der Waals surface area contributed by atoms with E-state index in [4.69, 9.17) is 5.73 Å². The highest BCUT2D eigenvalue weighted by atomic mass is 32.2. The fourth-order valence-electron chi connectivity index (χ4n) is 5.60. The fourth-order valence-corrected chi connectivity index (χ4v) is 6.43. The number of aryl methyl sites for hydroxylation is 1. The van der Waals surface area contributed by atoms with Gasteiger partial charge in [0.25, 0.3) is 5.91 Å². The van der Waals surface area contributed by atoms with Gasteiger partial charge in [-0.2, -0.15) is 9.57 Å². The first-order chi connectivity index (χ1) is 18.6. The van der Waals surface area contributed by atoms with Gasteiger partial charge in [0.15, 0.2) is 0 Å². The van der Waals surface area contributed by atoms with Crippen LogP contribution in [0.3, 0.4) is 0 Å². The smallest absolute Gasteiger partial charge is 0.329 e. The number of anilines is 1. The highest BCUT2D eigenvalue weighted by Gasteiger charge is 2.29. The maximum Gasteiger partial charge on any atom is 0.329 e. The molecule has 12 heteroatoms. The molecule has 0 spiro atoms. The van der Waals surface area contributed by atoms with E-state index in [0.717, 1.165) is 30.6 Å². The summed E-state index contributed by atoms with van der Waals surface area (Å²) in [5.74, 6) is -0.206. The number of hydrogen-bond acceptors (Lipinski definition) is 7. The Morgan fingerprint density at radius 1 is 1.13 bits per heavy atom. The summed E-state index contributed by atoms with van der Waals surface area (Å²) in [6.45, 7) is 2.62. The Balaban J connectivity index is 1.60. The van der Waals surface area contributed by atoms with Crippen LogP contribution in [0.1, 0.15) is 34.3 Å². The number of piperidine rings is 1. The van der Waals surface area contributed by atoms with E-state index < -0.39 is 10.0 Å². The van der Waals surface area contributed by atoms with E-state index >= 15 is 0 Å². The molecule has 2 saturated heterocycles. The van der Waals surface area contributed by atoms with Gasteiger partial charge in [0.2, 0.25) is 10.0 Å². The van der Waals surface area contributed by atoms with Crippen LogP contribution in [-0.2, 0) is 23.6 Å². The molecule has 0 aliphatic carbocycles. The largest absolute Gasteiger partial charge is 0.368 e. The molecule has 2 aliphatic heterocycles. The van der Waals surface area contributed by atoms with Gasteiger partial charge in [-0.1, -0.05) is 18.2 Å². The SMILES string of the molecule is Cn1c(=O)n(Cc2ccccc2C#N)c2c(N3CCC[C@@H](N)C3)cc(C(=O)N3CCN(S(C)(=O)=O)CC3)cc21. The lowest BCUT2D eigenvalue weighted by Crippen LogP contribution is -2.50. The van der Waals surface area contributed by atoms with Crippen LogP contribution in [0.25, 0.3) is 11.0 Å². The monoisotopic (exact) mass is 551 g/mol. The molecule has 1 atom stereocenters. The molecule has 39 heavy (non-hydrogen) atoms. The minimum Gasteiger partial charge on any atom is -0.368 e. The number of benzene rings is 2. The van der Waals surface area contributed by atoms with Crippen molar-refractivity contribution >= 4 is 32.7 Å². The van der Waals surface area contributed by atoms with E-state index in [0.29, 0.717) is 41.8 Å². The van der Waals surface area contributed by atoms with Gasteiger partial charge >= 0.3 is 5.69 Å². The van der Waals surface area contributed by atoms with Crippen molar-refractivity contribution < 1.29 is 13.2 Å². The Kier molecular flexibility index (Phi) is 7.24. The van der Waals surface area contributed by atoms with Crippen LogP contribution < -0.4 is 16.3 Å². The lowest BCUT2D eigenvalue weighted by atomic mass is 10.0. The molecule has 1 aromatic heterocycles. The molecular weight excluding hydrogens is 518 g/mol. The van der Waals surface area contributed by atoms with E-state index in [1.54, 1.807) is 34.7 Å². The second-order valence-corrected chi connectivity index (χ2v) is 12.3. The lowest BCUT2D eigenvalue weighted by Gasteiger charge is -2.35. The number of nitrogens with zero attached hydrogens (tertiary/aromatic N) is 6. The fraction of sp³-hybridized carbons (Fsp3) is 0.444. The normalized spacial score (nSPS) is 18.9. The van der Waals surface area contributed by atoms with Crippen LogP contribution in [-0.4, -0.2) is 84.2 Å². The number of sulfonamides is 1. The molecule has 2 aliphatic rings. The van der Waals surface area contributed by atoms with Crippen molar-refractivity contribution in [3.8, 4) is 6.07 Å². The summed E-state index contributed by atoms with van der Waals surface area (Å²) >= 11 is 0. The molecule has 2 fully saturated rings. The van der Waals surface area contributed by atoms with Crippen molar-refractivity contribution in [3.05, 3.63) is 63.6 Å². The van der Waals surface area contributed by atoms with Crippen molar-refractivity contribution in [2.45, 2.75) is 25.4 Å². The number of amides is 1. The summed E-state index contributed by atoms with van der Waals surface area (Å²) in [4.78, 5) is 31.0. The predicted octanol–water partition coefficient (Wildman–Crippen LogP) is 0.905. The highest BCUT2D eigenvalue weighted by molar-refractivity contribution is 7.88. The number of nitriles is 1. The number of carbonyl (C=O) groups is 1. The third-order valence-electron chi connectivity index (χ3n) is 7.73. The Hall–Kier alpha value is -3.66. The topological polar surface area (TPSA) is 138 Å². The average molecular weight is 552 g/mol. The number of piperazine rings is 1. The number of rotatable bonds is 5. The van der Waals surface area contributed by atoms with Gasteiger partial charge < -0.3 is 15.5 Å². The lowest BCUT2D eigenvalue weighted by molar-refractivity contribution is 0.0698. The first-order valence-electron chi connectivity index (χ1n) is 13.0. The predicted molar refractivity (Wildman–Crippen MR) is 149 cm³/mol. The molecule has 11 nitrogen and oxygen atoms in total. The van der Waals surface area contributed by atoms with Gasteiger partial charge in [-0.15, -0.1) is 0 Å². The first kappa shape index (κ1) is 26.9. The molecule has 206 valence electrons. The number of hydrogen-bond donors (Lipinski definition) is 1. The van der Waals surface area contributed by atoms with E-state index in [1.165, 1.54) is 15.1 Å². The summed E-state index contributed by atoms with van der Waals surface area (Å²) in [5.41, 5.74) is 9.83. The Labute approximate surface area is 227 Å². The number of fused-ring (bicyclic) bond motifs is 1. The van der Waals surface area contributed by atoms with Gasteiger partial charge in [0, 0.05) is 57.9 Å². The molecule has 0 saturated carbocycles. The molecular formula is C27H33N7O4S. The minimum atomic E-state index is -3.32. The maximum atomic E-state index is 13.7. The molecule has 2 N–H and O–H groups in total. The van der Waals surface area contributed by atoms with Gasteiger partial charge in [0.05, 0.1) is 41.2 Å². The van der Waals surface area contributed by atoms with Crippen molar-refractivity contribution in [3.63, 3.8) is 0 Å². The van der Waals surface area contributed by atoms with Crippen LogP contribution in [0.2, 0.25) is 0 Å². The van der Waals surface area contributed by atoms with Gasteiger partial charge in [-0.25, -0.2) is 13.2 Å². The van der Waals surface area contributed by atoms with E-state index in [1.807, 2.05) is 18.2 Å². The molecule has 1 amide bonds. The number of imidazole rings is 1. The summed E-state index contributed by atoms with van der Waals surface area (Å²) in [5, 5.41) is 9.61. The van der Waals surface area contributed by atoms with Crippen molar-refractivity contribution in [1.82, 2.24) is 18.3 Å². The first-order valence-corrected chi connectivity index (χ1v) is 14.9. The molecule has 2 aromatic carbocycles. The molecule has 3 aromatic rings. The zero-order valence-corrected chi connectivity index (χ0v) is 23.0. The van der Waals surface area contributed by atoms with E-state index in [-0.39, 0.29) is 37.3 Å². The third kappa shape index (κ3) is 5.17.